The van der Waals surface area contributed by atoms with Gasteiger partial charge in [-0.3, -0.25) is 4.79 Å². The van der Waals surface area contributed by atoms with Crippen LogP contribution in [0.1, 0.15) is 20.8 Å². The molecule has 0 saturated heterocycles. The van der Waals surface area contributed by atoms with Crippen LogP contribution in [0.2, 0.25) is 0 Å². The standard InChI is InChI=1S/C8H18N2OS/c1-4-12-5-6(2)10-8(11)7(3)9/h6-7H,4-5,9H2,1-3H3,(H,10,11)/t6?,7-/m1/s1. The summed E-state index contributed by atoms with van der Waals surface area (Å²) in [5, 5.41) is 2.83. The third-order valence-electron chi connectivity index (χ3n) is 1.37. The molecule has 2 atom stereocenters. The van der Waals surface area contributed by atoms with Crippen molar-refractivity contribution >= 4 is 17.7 Å². The predicted octanol–water partition coefficient (Wildman–Crippen LogP) is 0.591. The number of hydrogen-bond acceptors (Lipinski definition) is 3. The topological polar surface area (TPSA) is 55.1 Å². The van der Waals surface area contributed by atoms with E-state index in [4.69, 9.17) is 5.73 Å². The zero-order chi connectivity index (χ0) is 9.56. The predicted molar refractivity (Wildman–Crippen MR) is 54.3 cm³/mol. The normalized spacial score (nSPS) is 15.3. The van der Waals surface area contributed by atoms with Gasteiger partial charge in [0, 0.05) is 11.8 Å². The first-order valence-corrected chi connectivity index (χ1v) is 5.37. The Bertz CT molecular complexity index is 139. The lowest BCUT2D eigenvalue weighted by Gasteiger charge is -2.14. The summed E-state index contributed by atoms with van der Waals surface area (Å²) < 4.78 is 0. The maximum Gasteiger partial charge on any atom is 0.236 e. The van der Waals surface area contributed by atoms with Crippen LogP contribution in [0.15, 0.2) is 0 Å². The van der Waals surface area contributed by atoms with Crippen LogP contribution in [-0.2, 0) is 4.79 Å². The molecular weight excluding hydrogens is 172 g/mol. The SMILES string of the molecule is CCSCC(C)NC(=O)[C@@H](C)N. The second kappa shape index (κ2) is 6.31. The molecule has 0 heterocycles. The molecule has 0 bridgehead atoms. The van der Waals surface area contributed by atoms with Crippen molar-refractivity contribution in [2.45, 2.75) is 32.9 Å². The molecule has 0 radical (unpaired) electrons. The molecule has 0 aromatic rings. The molecule has 3 N–H and O–H groups in total. The first-order chi connectivity index (χ1) is 5.57. The summed E-state index contributed by atoms with van der Waals surface area (Å²) in [6.45, 7) is 5.78. The van der Waals surface area contributed by atoms with Gasteiger partial charge in [0.2, 0.25) is 5.91 Å². The number of rotatable bonds is 5. The van der Waals surface area contributed by atoms with Crippen LogP contribution in [-0.4, -0.2) is 29.5 Å². The Morgan fingerprint density at radius 1 is 1.58 bits per heavy atom. The number of carbonyl (C=O) groups is 1. The van der Waals surface area contributed by atoms with Crippen LogP contribution >= 0.6 is 11.8 Å². The zero-order valence-corrected chi connectivity index (χ0v) is 8.78. The largest absolute Gasteiger partial charge is 0.351 e. The quantitative estimate of drug-likeness (QED) is 0.667. The molecule has 0 rings (SSSR count). The van der Waals surface area contributed by atoms with Gasteiger partial charge in [0.15, 0.2) is 0 Å². The van der Waals surface area contributed by atoms with E-state index in [1.54, 1.807) is 6.92 Å². The molecule has 0 aromatic heterocycles. The van der Waals surface area contributed by atoms with Gasteiger partial charge in [-0.05, 0) is 19.6 Å². The highest BCUT2D eigenvalue weighted by atomic mass is 32.2. The second-order valence-electron chi connectivity index (χ2n) is 2.86. The second-order valence-corrected chi connectivity index (χ2v) is 4.18. The molecule has 0 saturated carbocycles. The molecule has 4 heteroatoms. The van der Waals surface area contributed by atoms with Gasteiger partial charge in [-0.25, -0.2) is 0 Å². The fraction of sp³-hybridized carbons (Fsp3) is 0.875. The van der Waals surface area contributed by atoms with E-state index in [1.807, 2.05) is 18.7 Å². The van der Waals surface area contributed by atoms with E-state index in [0.29, 0.717) is 0 Å². The molecule has 0 fully saturated rings. The Hall–Kier alpha value is -0.220. The Morgan fingerprint density at radius 3 is 2.58 bits per heavy atom. The highest BCUT2D eigenvalue weighted by molar-refractivity contribution is 7.99. The van der Waals surface area contributed by atoms with Crippen molar-refractivity contribution in [3.63, 3.8) is 0 Å². The van der Waals surface area contributed by atoms with Crippen molar-refractivity contribution in [3.05, 3.63) is 0 Å². The van der Waals surface area contributed by atoms with E-state index in [2.05, 4.69) is 12.2 Å². The minimum Gasteiger partial charge on any atom is -0.351 e. The number of nitrogens with two attached hydrogens (primary N) is 1. The number of carbonyl (C=O) groups excluding carboxylic acids is 1. The molecule has 0 aliphatic carbocycles. The molecule has 12 heavy (non-hydrogen) atoms. The van der Waals surface area contributed by atoms with Crippen LogP contribution in [0.5, 0.6) is 0 Å². The highest BCUT2D eigenvalue weighted by Crippen LogP contribution is 2.00. The first kappa shape index (κ1) is 11.8. The summed E-state index contributed by atoms with van der Waals surface area (Å²) in [5.74, 6) is 1.96. The molecule has 72 valence electrons. The summed E-state index contributed by atoms with van der Waals surface area (Å²) >= 11 is 1.81. The third-order valence-corrected chi connectivity index (χ3v) is 2.52. The van der Waals surface area contributed by atoms with Gasteiger partial charge in [-0.15, -0.1) is 0 Å². The van der Waals surface area contributed by atoms with Gasteiger partial charge in [-0.1, -0.05) is 6.92 Å². The molecule has 0 aliphatic rings. The van der Waals surface area contributed by atoms with E-state index in [0.717, 1.165) is 11.5 Å². The van der Waals surface area contributed by atoms with E-state index in [-0.39, 0.29) is 11.9 Å². The first-order valence-electron chi connectivity index (χ1n) is 4.21. The fourth-order valence-electron chi connectivity index (χ4n) is 0.711. The summed E-state index contributed by atoms with van der Waals surface area (Å²) in [6.07, 6.45) is 0. The molecule has 0 aromatic carbocycles. The molecule has 3 nitrogen and oxygen atoms in total. The number of thioether (sulfide) groups is 1. The van der Waals surface area contributed by atoms with Crippen molar-refractivity contribution in [1.82, 2.24) is 5.32 Å². The maximum atomic E-state index is 11.1. The third kappa shape index (κ3) is 5.43. The van der Waals surface area contributed by atoms with Gasteiger partial charge in [0.25, 0.3) is 0 Å². The van der Waals surface area contributed by atoms with Crippen LogP contribution in [0, 0.1) is 0 Å². The summed E-state index contributed by atoms with van der Waals surface area (Å²) in [7, 11) is 0. The van der Waals surface area contributed by atoms with Gasteiger partial charge in [0.1, 0.15) is 0 Å². The van der Waals surface area contributed by atoms with Gasteiger partial charge < -0.3 is 11.1 Å². The van der Waals surface area contributed by atoms with E-state index >= 15 is 0 Å². The van der Waals surface area contributed by atoms with E-state index in [1.165, 1.54) is 0 Å². The maximum absolute atomic E-state index is 11.1. The number of amides is 1. The zero-order valence-electron chi connectivity index (χ0n) is 7.96. The van der Waals surface area contributed by atoms with Gasteiger partial charge in [-0.2, -0.15) is 11.8 Å². The molecular formula is C8H18N2OS. The average molecular weight is 190 g/mol. The minimum absolute atomic E-state index is 0.0702. The van der Waals surface area contributed by atoms with Crippen molar-refractivity contribution in [1.29, 1.82) is 0 Å². The molecule has 1 amide bonds. The molecule has 0 aliphatic heterocycles. The lowest BCUT2D eigenvalue weighted by molar-refractivity contribution is -0.122. The van der Waals surface area contributed by atoms with Crippen molar-refractivity contribution in [3.8, 4) is 0 Å². The van der Waals surface area contributed by atoms with Crippen LogP contribution in [0.3, 0.4) is 0 Å². The number of hydrogen-bond donors (Lipinski definition) is 2. The Labute approximate surface area is 78.5 Å². The monoisotopic (exact) mass is 190 g/mol. The highest BCUT2D eigenvalue weighted by Gasteiger charge is 2.10. The summed E-state index contributed by atoms with van der Waals surface area (Å²) in [6, 6.07) is -0.187. The Morgan fingerprint density at radius 2 is 2.17 bits per heavy atom. The molecule has 0 spiro atoms. The summed E-state index contributed by atoms with van der Waals surface area (Å²) in [4.78, 5) is 11.1. The lowest BCUT2D eigenvalue weighted by atomic mass is 10.3. The fourth-order valence-corrected chi connectivity index (χ4v) is 1.38. The molecule has 1 unspecified atom stereocenters. The van der Waals surface area contributed by atoms with Crippen LogP contribution < -0.4 is 11.1 Å². The summed E-state index contributed by atoms with van der Waals surface area (Å²) in [5.41, 5.74) is 5.39. The minimum atomic E-state index is -0.404. The Balaban J connectivity index is 3.54. The van der Waals surface area contributed by atoms with Gasteiger partial charge in [0.05, 0.1) is 6.04 Å². The van der Waals surface area contributed by atoms with E-state index < -0.39 is 6.04 Å². The average Bonchev–Trinajstić information content (AvgIpc) is 2.00. The van der Waals surface area contributed by atoms with Crippen molar-refractivity contribution in [2.75, 3.05) is 11.5 Å². The Kier molecular flexibility index (Phi) is 6.20. The number of nitrogens with one attached hydrogen (secondary N) is 1. The smallest absolute Gasteiger partial charge is 0.236 e. The van der Waals surface area contributed by atoms with Gasteiger partial charge >= 0.3 is 0 Å². The van der Waals surface area contributed by atoms with E-state index in [9.17, 15) is 4.79 Å². The van der Waals surface area contributed by atoms with Crippen molar-refractivity contribution < 1.29 is 4.79 Å². The van der Waals surface area contributed by atoms with Crippen molar-refractivity contribution in [2.24, 2.45) is 5.73 Å². The van der Waals surface area contributed by atoms with Crippen LogP contribution in [0.4, 0.5) is 0 Å². The lowest BCUT2D eigenvalue weighted by Crippen LogP contribution is -2.43. The van der Waals surface area contributed by atoms with Crippen LogP contribution in [0.25, 0.3) is 0 Å².